The van der Waals surface area contributed by atoms with Gasteiger partial charge in [-0.3, -0.25) is 19.2 Å². The van der Waals surface area contributed by atoms with Gasteiger partial charge in [-0.2, -0.15) is 5.12 Å². The Morgan fingerprint density at radius 1 is 0.818 bits per heavy atom. The van der Waals surface area contributed by atoms with Crippen LogP contribution in [0, 0.1) is 23.3 Å². The van der Waals surface area contributed by atoms with Crippen LogP contribution in [0.25, 0.3) is 0 Å². The summed E-state index contributed by atoms with van der Waals surface area (Å²) in [6.07, 6.45) is -0.947. The molecule has 14 heteroatoms. The number of benzene rings is 1. The average Bonchev–Trinajstić information content (AvgIpc) is 2.78. The van der Waals surface area contributed by atoms with E-state index in [0.29, 0.717) is 0 Å². The molecular formula is C19H22F5NO7Si. The minimum atomic E-state index is -4.36. The summed E-state index contributed by atoms with van der Waals surface area (Å²) in [7, 11) is -4.36. The Hall–Kier alpha value is -3.03. The van der Waals surface area contributed by atoms with Gasteiger partial charge in [-0.15, -0.1) is 0 Å². The van der Waals surface area contributed by atoms with E-state index in [1.165, 1.54) is 20.8 Å². The van der Waals surface area contributed by atoms with Crippen molar-refractivity contribution in [3.05, 3.63) is 34.9 Å². The quantitative estimate of drug-likeness (QED) is 0.150. The Labute approximate surface area is 186 Å². The van der Waals surface area contributed by atoms with Crippen molar-refractivity contribution in [2.75, 3.05) is 6.54 Å². The zero-order valence-corrected chi connectivity index (χ0v) is 19.0. The first kappa shape index (κ1) is 28.0. The standard InChI is InChI=1S/C19H22F5NO7Si/c1-4-13(26)30-33(31-14(27)5-2,32-15(28)6-3)9-7-8-25(24)19(29)11-10-12(20)17(22)18(23)16(11)21/h10H,4-9H2,1-3H3. The van der Waals surface area contributed by atoms with Gasteiger partial charge in [0, 0.05) is 19.3 Å². The van der Waals surface area contributed by atoms with Gasteiger partial charge in [0.2, 0.25) is 0 Å². The number of hydrogen-bond donors (Lipinski definition) is 0. The summed E-state index contributed by atoms with van der Waals surface area (Å²) in [5, 5.41) is -0.626. The number of carbonyl (C=O) groups is 4. The van der Waals surface area contributed by atoms with E-state index in [2.05, 4.69) is 0 Å². The molecular weight excluding hydrogens is 477 g/mol. The summed E-state index contributed by atoms with van der Waals surface area (Å²) in [5.41, 5.74) is -1.40. The summed E-state index contributed by atoms with van der Waals surface area (Å²) >= 11 is 0. The summed E-state index contributed by atoms with van der Waals surface area (Å²) in [4.78, 5) is 47.5. The number of carbonyl (C=O) groups excluding carboxylic acids is 4. The maximum atomic E-state index is 14.3. The summed E-state index contributed by atoms with van der Waals surface area (Å²) in [6, 6.07) is -0.505. The van der Waals surface area contributed by atoms with Crippen LogP contribution in [0.2, 0.25) is 6.04 Å². The van der Waals surface area contributed by atoms with Gasteiger partial charge in [0.25, 0.3) is 23.8 Å². The molecule has 0 saturated heterocycles. The van der Waals surface area contributed by atoms with Gasteiger partial charge < -0.3 is 13.3 Å². The summed E-state index contributed by atoms with van der Waals surface area (Å²) < 4.78 is 83.0. The highest BCUT2D eigenvalue weighted by Crippen LogP contribution is 2.23. The van der Waals surface area contributed by atoms with E-state index in [-0.39, 0.29) is 25.3 Å². The minimum absolute atomic E-state index is 0.00319. The van der Waals surface area contributed by atoms with Crippen LogP contribution in [0.15, 0.2) is 6.07 Å². The van der Waals surface area contributed by atoms with Crippen molar-refractivity contribution in [2.45, 2.75) is 52.5 Å². The van der Waals surface area contributed by atoms with Crippen LogP contribution in [0.5, 0.6) is 0 Å². The Balaban J connectivity index is 3.06. The Kier molecular flexibility index (Phi) is 10.4. The van der Waals surface area contributed by atoms with Crippen molar-refractivity contribution < 1.29 is 54.5 Å². The normalized spacial score (nSPS) is 11.0. The average molecular weight is 499 g/mol. The first-order valence-corrected chi connectivity index (χ1v) is 11.8. The molecule has 184 valence electrons. The molecule has 0 unspecified atom stereocenters. The molecule has 0 fully saturated rings. The van der Waals surface area contributed by atoms with Crippen LogP contribution in [-0.4, -0.2) is 44.3 Å². The molecule has 0 spiro atoms. The van der Waals surface area contributed by atoms with Gasteiger partial charge in [0.15, 0.2) is 23.3 Å². The van der Waals surface area contributed by atoms with Crippen LogP contribution >= 0.6 is 0 Å². The van der Waals surface area contributed by atoms with Gasteiger partial charge in [0.05, 0.1) is 18.2 Å². The van der Waals surface area contributed by atoms with Gasteiger partial charge >= 0.3 is 8.80 Å². The molecule has 0 aromatic heterocycles. The molecule has 1 aromatic carbocycles. The third-order valence-electron chi connectivity index (χ3n) is 4.06. The fraction of sp³-hybridized carbons (Fsp3) is 0.474. The number of hydrogen-bond acceptors (Lipinski definition) is 7. The predicted octanol–water partition coefficient (Wildman–Crippen LogP) is 3.76. The smallest absolute Gasteiger partial charge is 0.455 e. The number of amides is 1. The van der Waals surface area contributed by atoms with Crippen molar-refractivity contribution in [3.8, 4) is 0 Å². The summed E-state index contributed by atoms with van der Waals surface area (Å²) in [5.74, 6) is -12.9. The molecule has 0 radical (unpaired) electrons. The fourth-order valence-corrected chi connectivity index (χ4v) is 4.84. The lowest BCUT2D eigenvalue weighted by atomic mass is 10.1. The van der Waals surface area contributed by atoms with Crippen molar-refractivity contribution in [1.82, 2.24) is 5.12 Å². The van der Waals surface area contributed by atoms with E-state index >= 15 is 0 Å². The van der Waals surface area contributed by atoms with Crippen LogP contribution in [0.3, 0.4) is 0 Å². The third kappa shape index (κ3) is 7.51. The molecule has 0 atom stereocenters. The number of rotatable bonds is 11. The lowest BCUT2D eigenvalue weighted by molar-refractivity contribution is -0.150. The van der Waals surface area contributed by atoms with Gasteiger partial charge in [-0.25, -0.2) is 17.6 Å². The second-order valence-corrected chi connectivity index (χ2v) is 8.99. The Morgan fingerprint density at radius 2 is 1.27 bits per heavy atom. The van der Waals surface area contributed by atoms with Crippen LogP contribution < -0.4 is 0 Å². The highest BCUT2D eigenvalue weighted by molar-refractivity contribution is 6.65. The maximum absolute atomic E-state index is 14.3. The van der Waals surface area contributed by atoms with E-state index in [4.69, 9.17) is 13.3 Å². The summed E-state index contributed by atoms with van der Waals surface area (Å²) in [6.45, 7) is 3.39. The molecule has 1 amide bonds. The number of nitrogens with zero attached hydrogens (tertiary/aromatic N) is 1. The molecule has 0 aliphatic rings. The molecule has 0 aliphatic heterocycles. The highest BCUT2D eigenvalue weighted by atomic mass is 28.4. The monoisotopic (exact) mass is 499 g/mol. The van der Waals surface area contributed by atoms with E-state index in [1.54, 1.807) is 0 Å². The first-order valence-electron chi connectivity index (χ1n) is 9.87. The maximum Gasteiger partial charge on any atom is 0.705 e. The Bertz CT molecular complexity index is 869. The SMILES string of the molecule is CCC(=O)O[Si](CCCN(F)C(=O)c1cc(F)c(F)c(F)c1F)(OC(=O)CC)OC(=O)CC. The Morgan fingerprint density at radius 3 is 1.70 bits per heavy atom. The van der Waals surface area contributed by atoms with E-state index in [0.717, 1.165) is 0 Å². The van der Waals surface area contributed by atoms with Gasteiger partial charge in [0.1, 0.15) is 0 Å². The third-order valence-corrected chi connectivity index (χ3v) is 6.65. The topological polar surface area (TPSA) is 99.2 Å². The second kappa shape index (κ2) is 12.3. The molecule has 33 heavy (non-hydrogen) atoms. The molecule has 1 aromatic rings. The number of halogens is 5. The van der Waals surface area contributed by atoms with Crippen molar-refractivity contribution >= 4 is 32.6 Å². The second-order valence-electron chi connectivity index (χ2n) is 6.51. The van der Waals surface area contributed by atoms with Crippen molar-refractivity contribution in [1.29, 1.82) is 0 Å². The van der Waals surface area contributed by atoms with Crippen LogP contribution in [0.1, 0.15) is 56.8 Å². The molecule has 0 bridgehead atoms. The molecule has 0 N–H and O–H groups in total. The van der Waals surface area contributed by atoms with Gasteiger partial charge in [-0.1, -0.05) is 25.3 Å². The zero-order valence-electron chi connectivity index (χ0n) is 18.0. The molecule has 1 rings (SSSR count). The molecule has 0 heterocycles. The van der Waals surface area contributed by atoms with E-state index in [1.807, 2.05) is 0 Å². The lowest BCUT2D eigenvalue weighted by Gasteiger charge is -2.27. The minimum Gasteiger partial charge on any atom is -0.455 e. The van der Waals surface area contributed by atoms with E-state index < -0.39 is 85.6 Å². The lowest BCUT2D eigenvalue weighted by Crippen LogP contribution is -2.50. The molecule has 0 saturated carbocycles. The molecule has 0 aliphatic carbocycles. The predicted molar refractivity (Wildman–Crippen MR) is 103 cm³/mol. The largest absolute Gasteiger partial charge is 0.705 e. The van der Waals surface area contributed by atoms with E-state index in [9.17, 15) is 41.2 Å². The first-order chi connectivity index (χ1) is 15.4. The molecule has 8 nitrogen and oxygen atoms in total. The van der Waals surface area contributed by atoms with Crippen LogP contribution in [0.4, 0.5) is 22.0 Å². The fourth-order valence-electron chi connectivity index (χ4n) is 2.35. The zero-order chi connectivity index (χ0) is 25.3. The highest BCUT2D eigenvalue weighted by Gasteiger charge is 2.52. The van der Waals surface area contributed by atoms with Crippen molar-refractivity contribution in [2.24, 2.45) is 0 Å². The van der Waals surface area contributed by atoms with Gasteiger partial charge in [-0.05, 0) is 12.5 Å². The van der Waals surface area contributed by atoms with Crippen molar-refractivity contribution in [3.63, 3.8) is 0 Å². The van der Waals surface area contributed by atoms with Crippen LogP contribution in [-0.2, 0) is 27.7 Å².